The first kappa shape index (κ1) is 34.5. The molecule has 46 heavy (non-hydrogen) atoms. The monoisotopic (exact) mass is 707 g/mol. The van der Waals surface area contributed by atoms with Crippen LogP contribution in [0.2, 0.25) is 0 Å². The molecule has 4 rings (SSSR count). The van der Waals surface area contributed by atoms with E-state index in [4.69, 9.17) is 9.47 Å². The van der Waals surface area contributed by atoms with E-state index in [0.717, 1.165) is 19.9 Å². The molecule has 0 aromatic heterocycles. The normalized spacial score (nSPS) is 11.7. The van der Waals surface area contributed by atoms with Crippen LogP contribution in [0.4, 0.5) is 5.69 Å². The van der Waals surface area contributed by atoms with Gasteiger partial charge in [-0.3, -0.25) is 13.9 Å². The van der Waals surface area contributed by atoms with Gasteiger partial charge in [0.05, 0.1) is 24.8 Å². The number of halogens is 1. The lowest BCUT2D eigenvalue weighted by Gasteiger charge is -2.34. The van der Waals surface area contributed by atoms with Crippen LogP contribution >= 0.6 is 15.9 Å². The first-order chi connectivity index (χ1) is 22.2. The summed E-state index contributed by atoms with van der Waals surface area (Å²) in [5.74, 6) is -0.167. The number of ether oxygens (including phenoxy) is 2. The average molecular weight is 709 g/mol. The lowest BCUT2D eigenvalue weighted by atomic mass is 10.0. The summed E-state index contributed by atoms with van der Waals surface area (Å²) in [4.78, 5) is 29.8. The Labute approximate surface area is 279 Å². The SMILES string of the molecule is CCCNC(=O)C(Cc1ccccc1)N(Cc1ccc(Br)cc1)C(=O)CN(c1ccc(OC)c(OC)c1)S(=O)(=O)c1ccccc1. The third-order valence-corrected chi connectivity index (χ3v) is 9.67. The molecule has 0 aliphatic rings. The maximum atomic E-state index is 14.5. The second-order valence-corrected chi connectivity index (χ2v) is 13.3. The molecule has 1 atom stereocenters. The minimum Gasteiger partial charge on any atom is -0.493 e. The molecule has 11 heteroatoms. The van der Waals surface area contributed by atoms with E-state index in [9.17, 15) is 18.0 Å². The highest BCUT2D eigenvalue weighted by Crippen LogP contribution is 2.34. The van der Waals surface area contributed by atoms with Crippen molar-refractivity contribution in [2.24, 2.45) is 0 Å². The third-order valence-electron chi connectivity index (χ3n) is 7.35. The van der Waals surface area contributed by atoms with Gasteiger partial charge in [0, 0.05) is 30.0 Å². The summed E-state index contributed by atoms with van der Waals surface area (Å²) in [6, 6.07) is 28.5. The Balaban J connectivity index is 1.82. The quantitative estimate of drug-likeness (QED) is 0.167. The molecule has 4 aromatic rings. The standard InChI is InChI=1S/C35H38BrN3O6S/c1-4-21-37-35(41)31(22-26-11-7-5-8-12-26)38(24-27-15-17-28(36)18-16-27)34(40)25-39(46(42,43)30-13-9-6-10-14-30)29-19-20-32(44-2)33(23-29)45-3/h5-20,23,31H,4,21-22,24-25H2,1-3H3,(H,37,41). The number of sulfonamides is 1. The van der Waals surface area contributed by atoms with Crippen molar-refractivity contribution in [3.63, 3.8) is 0 Å². The van der Waals surface area contributed by atoms with Gasteiger partial charge in [0.25, 0.3) is 10.0 Å². The molecule has 2 amide bonds. The minimum absolute atomic E-state index is 0.0126. The molecule has 1 N–H and O–H groups in total. The molecule has 9 nitrogen and oxygen atoms in total. The van der Waals surface area contributed by atoms with Gasteiger partial charge < -0.3 is 19.7 Å². The van der Waals surface area contributed by atoms with Crippen LogP contribution in [-0.4, -0.2) is 58.5 Å². The number of hydrogen-bond acceptors (Lipinski definition) is 6. The number of amides is 2. The van der Waals surface area contributed by atoms with Crippen molar-refractivity contribution in [1.29, 1.82) is 0 Å². The molecule has 0 saturated carbocycles. The van der Waals surface area contributed by atoms with Crippen molar-refractivity contribution in [2.45, 2.75) is 37.2 Å². The van der Waals surface area contributed by atoms with Crippen LogP contribution in [0.25, 0.3) is 0 Å². The summed E-state index contributed by atoms with van der Waals surface area (Å²) in [5, 5.41) is 2.95. The van der Waals surface area contributed by atoms with E-state index in [0.29, 0.717) is 24.5 Å². The predicted molar refractivity (Wildman–Crippen MR) is 182 cm³/mol. The number of carbonyl (C=O) groups is 2. The number of nitrogens with zero attached hydrogens (tertiary/aromatic N) is 2. The molecule has 0 aliphatic heterocycles. The smallest absolute Gasteiger partial charge is 0.264 e. The highest BCUT2D eigenvalue weighted by Gasteiger charge is 2.35. The van der Waals surface area contributed by atoms with Crippen LogP contribution in [0.3, 0.4) is 0 Å². The molecule has 4 aromatic carbocycles. The number of carbonyl (C=O) groups excluding carboxylic acids is 2. The highest BCUT2D eigenvalue weighted by molar-refractivity contribution is 9.10. The number of anilines is 1. The van der Waals surface area contributed by atoms with Crippen LogP contribution in [0.5, 0.6) is 11.5 Å². The van der Waals surface area contributed by atoms with Gasteiger partial charge in [0.15, 0.2) is 11.5 Å². The molecular weight excluding hydrogens is 670 g/mol. The Morgan fingerprint density at radius 2 is 1.46 bits per heavy atom. The Bertz CT molecular complexity index is 1700. The molecule has 1 unspecified atom stereocenters. The number of rotatable bonds is 15. The van der Waals surface area contributed by atoms with Crippen LogP contribution in [0.15, 0.2) is 112 Å². The number of methoxy groups -OCH3 is 2. The second-order valence-electron chi connectivity index (χ2n) is 10.5. The Morgan fingerprint density at radius 1 is 0.826 bits per heavy atom. The Morgan fingerprint density at radius 3 is 2.07 bits per heavy atom. The van der Waals surface area contributed by atoms with Crippen LogP contribution in [0.1, 0.15) is 24.5 Å². The fraction of sp³-hybridized carbons (Fsp3) is 0.257. The summed E-state index contributed by atoms with van der Waals surface area (Å²) < 4.78 is 41.1. The number of benzene rings is 4. The van der Waals surface area contributed by atoms with Crippen molar-refractivity contribution in [1.82, 2.24) is 10.2 Å². The van der Waals surface area contributed by atoms with Gasteiger partial charge in [-0.2, -0.15) is 0 Å². The molecule has 0 heterocycles. The topological polar surface area (TPSA) is 105 Å². The van der Waals surface area contributed by atoms with Gasteiger partial charge in [0.2, 0.25) is 11.8 Å². The number of hydrogen-bond donors (Lipinski definition) is 1. The van der Waals surface area contributed by atoms with E-state index in [1.54, 1.807) is 30.3 Å². The second kappa shape index (κ2) is 16.3. The fourth-order valence-electron chi connectivity index (χ4n) is 4.93. The van der Waals surface area contributed by atoms with Gasteiger partial charge in [-0.25, -0.2) is 8.42 Å². The molecule has 0 spiro atoms. The third kappa shape index (κ3) is 8.67. The van der Waals surface area contributed by atoms with Gasteiger partial charge in [0.1, 0.15) is 12.6 Å². The first-order valence-corrected chi connectivity index (χ1v) is 17.1. The zero-order valence-electron chi connectivity index (χ0n) is 26.1. The molecule has 0 saturated heterocycles. The largest absolute Gasteiger partial charge is 0.493 e. The lowest BCUT2D eigenvalue weighted by molar-refractivity contribution is -0.140. The summed E-state index contributed by atoms with van der Waals surface area (Å²) in [5.41, 5.74) is 1.84. The Hall–Kier alpha value is -4.35. The summed E-state index contributed by atoms with van der Waals surface area (Å²) >= 11 is 3.45. The highest BCUT2D eigenvalue weighted by atomic mass is 79.9. The summed E-state index contributed by atoms with van der Waals surface area (Å²) in [6.45, 7) is 1.89. The zero-order valence-corrected chi connectivity index (χ0v) is 28.5. The van der Waals surface area contributed by atoms with Gasteiger partial charge in [-0.15, -0.1) is 0 Å². The van der Waals surface area contributed by atoms with Crippen LogP contribution in [0, 0.1) is 0 Å². The fourth-order valence-corrected chi connectivity index (χ4v) is 6.63. The lowest BCUT2D eigenvalue weighted by Crippen LogP contribution is -2.53. The van der Waals surface area contributed by atoms with E-state index >= 15 is 0 Å². The van der Waals surface area contributed by atoms with Gasteiger partial charge in [-0.05, 0) is 53.9 Å². The molecule has 0 bridgehead atoms. The van der Waals surface area contributed by atoms with E-state index in [1.807, 2.05) is 61.5 Å². The van der Waals surface area contributed by atoms with E-state index in [-0.39, 0.29) is 29.5 Å². The Kier molecular flexibility index (Phi) is 12.2. The average Bonchev–Trinajstić information content (AvgIpc) is 3.08. The zero-order chi connectivity index (χ0) is 33.1. The maximum Gasteiger partial charge on any atom is 0.264 e. The van der Waals surface area contributed by atoms with E-state index < -0.39 is 28.5 Å². The molecular formula is C35H38BrN3O6S. The van der Waals surface area contributed by atoms with Crippen molar-refractivity contribution in [3.05, 3.63) is 119 Å². The van der Waals surface area contributed by atoms with E-state index in [1.165, 1.54) is 37.3 Å². The van der Waals surface area contributed by atoms with Crippen LogP contribution < -0.4 is 19.1 Å². The van der Waals surface area contributed by atoms with Crippen molar-refractivity contribution in [3.8, 4) is 11.5 Å². The summed E-state index contributed by atoms with van der Waals surface area (Å²) in [7, 11) is -1.31. The van der Waals surface area contributed by atoms with Crippen molar-refractivity contribution in [2.75, 3.05) is 31.6 Å². The minimum atomic E-state index is -4.24. The van der Waals surface area contributed by atoms with Crippen LogP contribution in [-0.2, 0) is 32.6 Å². The van der Waals surface area contributed by atoms with Gasteiger partial charge in [-0.1, -0.05) is 83.5 Å². The summed E-state index contributed by atoms with van der Waals surface area (Å²) in [6.07, 6.45) is 0.952. The van der Waals surface area contributed by atoms with Gasteiger partial charge >= 0.3 is 0 Å². The predicted octanol–water partition coefficient (Wildman–Crippen LogP) is 5.83. The molecule has 0 aliphatic carbocycles. The maximum absolute atomic E-state index is 14.5. The first-order valence-electron chi connectivity index (χ1n) is 14.8. The molecule has 0 fully saturated rings. The van der Waals surface area contributed by atoms with Crippen molar-refractivity contribution < 1.29 is 27.5 Å². The molecule has 0 radical (unpaired) electrons. The number of nitrogens with one attached hydrogen (secondary N) is 1. The van der Waals surface area contributed by atoms with Crippen molar-refractivity contribution >= 4 is 43.5 Å². The molecule has 242 valence electrons. The van der Waals surface area contributed by atoms with E-state index in [2.05, 4.69) is 21.2 Å².